The summed E-state index contributed by atoms with van der Waals surface area (Å²) >= 11 is 0. The lowest BCUT2D eigenvalue weighted by Crippen LogP contribution is -2.46. The Labute approximate surface area is 156 Å². The van der Waals surface area contributed by atoms with E-state index in [0.29, 0.717) is 12.8 Å². The molecule has 2 fully saturated rings. The summed E-state index contributed by atoms with van der Waals surface area (Å²) < 4.78 is 0. The smallest absolute Gasteiger partial charge is 0.227 e. The minimum absolute atomic E-state index is 0.222. The van der Waals surface area contributed by atoms with Gasteiger partial charge in [-0.2, -0.15) is 0 Å². The van der Waals surface area contributed by atoms with E-state index in [9.17, 15) is 9.59 Å². The van der Waals surface area contributed by atoms with E-state index in [-0.39, 0.29) is 17.9 Å². The molecule has 1 aromatic carbocycles. The summed E-state index contributed by atoms with van der Waals surface area (Å²) in [4.78, 5) is 30.8. The van der Waals surface area contributed by atoms with Gasteiger partial charge in [-0.05, 0) is 49.8 Å². The normalized spacial score (nSPS) is 20.5. The van der Waals surface area contributed by atoms with Crippen LogP contribution >= 0.6 is 0 Å². The molecule has 142 valence electrons. The number of likely N-dealkylation sites (tertiary alicyclic amines) is 2. The number of anilines is 1. The molecule has 0 unspecified atom stereocenters. The van der Waals surface area contributed by atoms with Gasteiger partial charge in [0.1, 0.15) is 0 Å². The Bertz CT molecular complexity index is 627. The Hall–Kier alpha value is -2.04. The van der Waals surface area contributed by atoms with Gasteiger partial charge in [0.15, 0.2) is 0 Å². The highest BCUT2D eigenvalue weighted by Gasteiger charge is 2.28. The van der Waals surface area contributed by atoms with Crippen molar-refractivity contribution >= 4 is 17.5 Å². The van der Waals surface area contributed by atoms with Gasteiger partial charge in [-0.15, -0.1) is 0 Å². The first-order chi connectivity index (χ1) is 12.5. The summed E-state index contributed by atoms with van der Waals surface area (Å²) in [5.74, 6) is 0.500. The predicted octanol–water partition coefficient (Wildman–Crippen LogP) is 2.69. The summed E-state index contributed by atoms with van der Waals surface area (Å²) in [6.45, 7) is 2.54. The molecule has 0 aromatic heterocycles. The summed E-state index contributed by atoms with van der Waals surface area (Å²) in [5.41, 5.74) is 2.21. The largest absolute Gasteiger partial charge is 0.378 e. The van der Waals surface area contributed by atoms with E-state index >= 15 is 0 Å². The highest BCUT2D eigenvalue weighted by Crippen LogP contribution is 2.23. The first-order valence-corrected chi connectivity index (χ1v) is 9.88. The number of benzene rings is 1. The van der Waals surface area contributed by atoms with Gasteiger partial charge in [-0.25, -0.2) is 0 Å². The standard InChI is InChI=1S/C21H31N3O2/c1-22(2)18-10-8-17(9-11-18)16-21(26)24-14-4-3-6-19(24)12-15-23-13-5-7-20(23)25/h8-11,19H,3-7,12-16H2,1-2H3/t19-/m0/s1. The zero-order valence-corrected chi connectivity index (χ0v) is 16.1. The quantitative estimate of drug-likeness (QED) is 0.786. The molecule has 5 heteroatoms. The van der Waals surface area contributed by atoms with Crippen molar-refractivity contribution in [2.45, 2.75) is 51.0 Å². The molecule has 26 heavy (non-hydrogen) atoms. The Morgan fingerprint density at radius 1 is 1.12 bits per heavy atom. The molecule has 0 aliphatic carbocycles. The molecule has 1 aromatic rings. The minimum atomic E-state index is 0.222. The maximum atomic E-state index is 12.9. The van der Waals surface area contributed by atoms with Gasteiger partial charge >= 0.3 is 0 Å². The molecule has 2 aliphatic rings. The predicted molar refractivity (Wildman–Crippen MR) is 104 cm³/mol. The van der Waals surface area contributed by atoms with Gasteiger partial charge in [0, 0.05) is 51.9 Å². The average molecular weight is 357 g/mol. The fourth-order valence-electron chi connectivity index (χ4n) is 4.06. The summed E-state index contributed by atoms with van der Waals surface area (Å²) in [6.07, 6.45) is 6.38. The maximum Gasteiger partial charge on any atom is 0.227 e. The zero-order valence-electron chi connectivity index (χ0n) is 16.1. The van der Waals surface area contributed by atoms with Crippen LogP contribution in [0, 0.1) is 0 Å². The number of carbonyl (C=O) groups excluding carboxylic acids is 2. The first kappa shape index (κ1) is 18.7. The van der Waals surface area contributed by atoms with Crippen LogP contribution in [0.15, 0.2) is 24.3 Å². The third-order valence-corrected chi connectivity index (χ3v) is 5.66. The summed E-state index contributed by atoms with van der Waals surface area (Å²) in [6, 6.07) is 8.51. The van der Waals surface area contributed by atoms with E-state index in [0.717, 1.165) is 56.6 Å². The van der Waals surface area contributed by atoms with Gasteiger partial charge in [-0.1, -0.05) is 12.1 Å². The second-order valence-electron chi connectivity index (χ2n) is 7.75. The monoisotopic (exact) mass is 357 g/mol. The molecule has 0 radical (unpaired) electrons. The van der Waals surface area contributed by atoms with E-state index in [2.05, 4.69) is 34.1 Å². The Kier molecular flexibility index (Phi) is 6.17. The third-order valence-electron chi connectivity index (χ3n) is 5.66. The van der Waals surface area contributed by atoms with E-state index in [4.69, 9.17) is 0 Å². The fourth-order valence-corrected chi connectivity index (χ4v) is 4.06. The fraction of sp³-hybridized carbons (Fsp3) is 0.619. The number of carbonyl (C=O) groups is 2. The summed E-state index contributed by atoms with van der Waals surface area (Å²) in [5, 5.41) is 0. The van der Waals surface area contributed by atoms with Crippen LogP contribution in [0.3, 0.4) is 0 Å². The molecule has 0 bridgehead atoms. The zero-order chi connectivity index (χ0) is 18.5. The lowest BCUT2D eigenvalue weighted by Gasteiger charge is -2.37. The summed E-state index contributed by atoms with van der Waals surface area (Å²) in [7, 11) is 4.03. The van der Waals surface area contributed by atoms with Crippen LogP contribution in [0.25, 0.3) is 0 Å². The Morgan fingerprint density at radius 3 is 2.54 bits per heavy atom. The van der Waals surface area contributed by atoms with Crippen molar-refractivity contribution in [3.05, 3.63) is 29.8 Å². The van der Waals surface area contributed by atoms with Crippen LogP contribution in [0.5, 0.6) is 0 Å². The molecule has 2 saturated heterocycles. The molecule has 3 rings (SSSR count). The van der Waals surface area contributed by atoms with E-state index in [1.54, 1.807) is 0 Å². The molecular formula is C21H31N3O2. The van der Waals surface area contributed by atoms with Crippen LogP contribution < -0.4 is 4.90 Å². The van der Waals surface area contributed by atoms with Crippen molar-refractivity contribution in [3.63, 3.8) is 0 Å². The van der Waals surface area contributed by atoms with Gasteiger partial charge in [-0.3, -0.25) is 9.59 Å². The topological polar surface area (TPSA) is 43.9 Å². The van der Waals surface area contributed by atoms with E-state index < -0.39 is 0 Å². The number of hydrogen-bond acceptors (Lipinski definition) is 3. The number of nitrogens with zero attached hydrogens (tertiary/aromatic N) is 3. The van der Waals surface area contributed by atoms with Crippen LogP contribution in [-0.2, 0) is 16.0 Å². The molecule has 5 nitrogen and oxygen atoms in total. The second kappa shape index (κ2) is 8.56. The highest BCUT2D eigenvalue weighted by atomic mass is 16.2. The molecule has 0 spiro atoms. The molecule has 2 amide bonds. The van der Waals surface area contributed by atoms with Gasteiger partial charge in [0.2, 0.25) is 11.8 Å². The van der Waals surface area contributed by atoms with Crippen LogP contribution in [0.4, 0.5) is 5.69 Å². The van der Waals surface area contributed by atoms with Crippen molar-refractivity contribution in [2.75, 3.05) is 38.6 Å². The number of piperidine rings is 1. The van der Waals surface area contributed by atoms with Crippen LogP contribution in [0.1, 0.15) is 44.1 Å². The van der Waals surface area contributed by atoms with Crippen molar-refractivity contribution < 1.29 is 9.59 Å². The molecule has 0 saturated carbocycles. The first-order valence-electron chi connectivity index (χ1n) is 9.88. The number of rotatable bonds is 6. The van der Waals surface area contributed by atoms with Crippen molar-refractivity contribution in [3.8, 4) is 0 Å². The number of amides is 2. The maximum absolute atomic E-state index is 12.9. The molecular weight excluding hydrogens is 326 g/mol. The van der Waals surface area contributed by atoms with Gasteiger partial charge in [0.05, 0.1) is 6.42 Å². The Morgan fingerprint density at radius 2 is 1.88 bits per heavy atom. The third kappa shape index (κ3) is 4.57. The highest BCUT2D eigenvalue weighted by molar-refractivity contribution is 5.79. The van der Waals surface area contributed by atoms with Crippen molar-refractivity contribution in [1.82, 2.24) is 9.80 Å². The van der Waals surface area contributed by atoms with Crippen molar-refractivity contribution in [2.24, 2.45) is 0 Å². The number of hydrogen-bond donors (Lipinski definition) is 0. The second-order valence-corrected chi connectivity index (χ2v) is 7.75. The molecule has 2 heterocycles. The molecule has 2 aliphatic heterocycles. The van der Waals surface area contributed by atoms with E-state index in [1.165, 1.54) is 6.42 Å². The van der Waals surface area contributed by atoms with Gasteiger partial charge < -0.3 is 14.7 Å². The van der Waals surface area contributed by atoms with Crippen LogP contribution in [0.2, 0.25) is 0 Å². The van der Waals surface area contributed by atoms with Crippen LogP contribution in [-0.4, -0.2) is 61.4 Å². The lowest BCUT2D eigenvalue weighted by atomic mass is 9.98. The Balaban J connectivity index is 1.57. The van der Waals surface area contributed by atoms with Crippen molar-refractivity contribution in [1.29, 1.82) is 0 Å². The van der Waals surface area contributed by atoms with Gasteiger partial charge in [0.25, 0.3) is 0 Å². The SMILES string of the molecule is CN(C)c1ccc(CC(=O)N2CCCC[C@H]2CCN2CCCC2=O)cc1. The average Bonchev–Trinajstić information content (AvgIpc) is 3.05. The lowest BCUT2D eigenvalue weighted by molar-refractivity contribution is -0.134. The molecule has 1 atom stereocenters. The molecule has 0 N–H and O–H groups in total. The minimum Gasteiger partial charge on any atom is -0.378 e. The van der Waals surface area contributed by atoms with E-state index in [1.807, 2.05) is 19.0 Å².